The summed E-state index contributed by atoms with van der Waals surface area (Å²) in [5.41, 5.74) is 6.90. The summed E-state index contributed by atoms with van der Waals surface area (Å²) in [4.78, 5) is 39.3. The van der Waals surface area contributed by atoms with E-state index in [0.29, 0.717) is 17.2 Å². The van der Waals surface area contributed by atoms with E-state index in [-0.39, 0.29) is 24.1 Å². The highest BCUT2D eigenvalue weighted by Crippen LogP contribution is 2.33. The molecule has 0 unspecified atom stereocenters. The first-order chi connectivity index (χ1) is 20.6. The minimum atomic E-state index is -0.188. The lowest BCUT2D eigenvalue weighted by Gasteiger charge is -2.37. The van der Waals surface area contributed by atoms with Crippen LogP contribution >= 0.6 is 0 Å². The SMILES string of the molecule is CCCc1cc(C)[nH]c(=O)c1CNC(=O)c1cc(-c2ccc(N3CCN(C(C)C)CC3)nc2)cc2c1c(C)cn2C(C)C. The number of fused-ring (bicyclic) bond motifs is 1. The van der Waals surface area contributed by atoms with Crippen LogP contribution in [0.2, 0.25) is 0 Å². The lowest BCUT2D eigenvalue weighted by molar-refractivity contribution is 0.0952. The average Bonchev–Trinajstić information content (AvgIpc) is 3.33. The number of rotatable bonds is 9. The molecule has 8 nitrogen and oxygen atoms in total. The maximum Gasteiger partial charge on any atom is 0.253 e. The number of pyridine rings is 2. The highest BCUT2D eigenvalue weighted by atomic mass is 16.1. The maximum atomic E-state index is 13.9. The molecule has 4 aromatic rings. The van der Waals surface area contributed by atoms with Gasteiger partial charge in [-0.15, -0.1) is 0 Å². The summed E-state index contributed by atoms with van der Waals surface area (Å²) in [5.74, 6) is 0.797. The fraction of sp³-hybridized carbons (Fsp3) is 0.457. The lowest BCUT2D eigenvalue weighted by atomic mass is 9.98. The average molecular weight is 583 g/mol. The molecule has 3 aromatic heterocycles. The van der Waals surface area contributed by atoms with Crippen LogP contribution in [0.25, 0.3) is 22.0 Å². The summed E-state index contributed by atoms with van der Waals surface area (Å²) >= 11 is 0. The van der Waals surface area contributed by atoms with E-state index >= 15 is 0 Å². The Hall–Kier alpha value is -3.91. The minimum Gasteiger partial charge on any atom is -0.354 e. The number of aryl methyl sites for hydroxylation is 3. The van der Waals surface area contributed by atoms with Crippen LogP contribution in [0.4, 0.5) is 5.82 Å². The van der Waals surface area contributed by atoms with Gasteiger partial charge in [0.15, 0.2) is 0 Å². The van der Waals surface area contributed by atoms with E-state index in [1.807, 2.05) is 25.3 Å². The van der Waals surface area contributed by atoms with Crippen molar-refractivity contribution in [2.75, 3.05) is 31.1 Å². The zero-order valence-electron chi connectivity index (χ0n) is 26.8. The number of hydrogen-bond donors (Lipinski definition) is 2. The van der Waals surface area contributed by atoms with Crippen LogP contribution in [-0.2, 0) is 13.0 Å². The molecule has 1 aliphatic rings. The molecule has 1 amide bonds. The Balaban J connectivity index is 1.47. The van der Waals surface area contributed by atoms with Crippen molar-refractivity contribution in [2.45, 2.75) is 79.9 Å². The molecule has 0 bridgehead atoms. The van der Waals surface area contributed by atoms with E-state index in [0.717, 1.165) is 83.7 Å². The van der Waals surface area contributed by atoms with Crippen molar-refractivity contribution < 1.29 is 4.79 Å². The number of piperazine rings is 1. The van der Waals surface area contributed by atoms with Gasteiger partial charge in [-0.2, -0.15) is 0 Å². The summed E-state index contributed by atoms with van der Waals surface area (Å²) in [6, 6.07) is 11.1. The van der Waals surface area contributed by atoms with Gasteiger partial charge in [-0.1, -0.05) is 13.3 Å². The Morgan fingerprint density at radius 1 is 1.00 bits per heavy atom. The molecule has 0 spiro atoms. The van der Waals surface area contributed by atoms with E-state index in [1.54, 1.807) is 0 Å². The van der Waals surface area contributed by atoms with Crippen molar-refractivity contribution in [3.63, 3.8) is 0 Å². The Morgan fingerprint density at radius 3 is 2.37 bits per heavy atom. The summed E-state index contributed by atoms with van der Waals surface area (Å²) in [6.07, 6.45) is 5.77. The zero-order chi connectivity index (χ0) is 30.8. The van der Waals surface area contributed by atoms with Crippen molar-refractivity contribution in [3.05, 3.63) is 81.0 Å². The molecule has 0 saturated carbocycles. The first kappa shape index (κ1) is 30.5. The molecule has 43 heavy (non-hydrogen) atoms. The number of carbonyl (C=O) groups excluding carboxylic acids is 1. The molecule has 1 aliphatic heterocycles. The van der Waals surface area contributed by atoms with Crippen LogP contribution in [0.15, 0.2) is 47.5 Å². The van der Waals surface area contributed by atoms with Crippen molar-refractivity contribution in [3.8, 4) is 11.1 Å². The third-order valence-corrected chi connectivity index (χ3v) is 8.68. The van der Waals surface area contributed by atoms with Gasteiger partial charge in [-0.3, -0.25) is 14.5 Å². The molecule has 0 atom stereocenters. The molecule has 228 valence electrons. The van der Waals surface area contributed by atoms with Crippen LogP contribution in [0.1, 0.15) is 79.8 Å². The number of benzene rings is 1. The van der Waals surface area contributed by atoms with Crippen LogP contribution in [0.5, 0.6) is 0 Å². The lowest BCUT2D eigenvalue weighted by Crippen LogP contribution is -2.49. The molecular weight excluding hydrogens is 536 g/mol. The number of carbonyl (C=O) groups is 1. The molecule has 1 fully saturated rings. The van der Waals surface area contributed by atoms with Crippen molar-refractivity contribution in [2.24, 2.45) is 0 Å². The zero-order valence-corrected chi connectivity index (χ0v) is 26.8. The summed E-state index contributed by atoms with van der Waals surface area (Å²) in [7, 11) is 0. The fourth-order valence-electron chi connectivity index (χ4n) is 6.31. The van der Waals surface area contributed by atoms with Crippen LogP contribution < -0.4 is 15.8 Å². The van der Waals surface area contributed by atoms with Crippen molar-refractivity contribution in [1.82, 2.24) is 24.8 Å². The molecule has 8 heteroatoms. The van der Waals surface area contributed by atoms with E-state index in [4.69, 9.17) is 4.98 Å². The number of hydrogen-bond acceptors (Lipinski definition) is 5. The third kappa shape index (κ3) is 6.39. The third-order valence-electron chi connectivity index (χ3n) is 8.68. The Kier molecular flexibility index (Phi) is 9.06. The molecule has 0 radical (unpaired) electrons. The Bertz CT molecular complexity index is 1660. The van der Waals surface area contributed by atoms with E-state index in [9.17, 15) is 9.59 Å². The van der Waals surface area contributed by atoms with Crippen LogP contribution in [-0.4, -0.2) is 57.6 Å². The Morgan fingerprint density at radius 2 is 1.74 bits per heavy atom. The standard InChI is InChI=1S/C35H46N6O2/c1-8-9-26-16-25(7)38-35(43)30(26)20-37-34(42)29-17-28(18-31-33(29)24(6)21-41(31)23(4)5)27-10-11-32(36-19-27)40-14-12-39(13-15-40)22(2)3/h10-11,16-19,21-23H,8-9,12-15,20H2,1-7H3,(H,37,42)(H,38,43). The second-order valence-corrected chi connectivity index (χ2v) is 12.5. The molecular formula is C35H46N6O2. The second-order valence-electron chi connectivity index (χ2n) is 12.5. The molecule has 2 N–H and O–H groups in total. The van der Waals surface area contributed by atoms with Gasteiger partial charge >= 0.3 is 0 Å². The highest BCUT2D eigenvalue weighted by molar-refractivity contribution is 6.09. The number of nitrogens with zero attached hydrogens (tertiary/aromatic N) is 4. The fourth-order valence-corrected chi connectivity index (χ4v) is 6.31. The molecule has 4 heterocycles. The summed E-state index contributed by atoms with van der Waals surface area (Å²) < 4.78 is 2.23. The van der Waals surface area contributed by atoms with E-state index in [2.05, 4.69) is 90.6 Å². The van der Waals surface area contributed by atoms with Crippen molar-refractivity contribution in [1.29, 1.82) is 0 Å². The van der Waals surface area contributed by atoms with Gasteiger partial charge in [0.25, 0.3) is 11.5 Å². The Labute approximate surface area is 255 Å². The van der Waals surface area contributed by atoms with Gasteiger partial charge in [-0.05, 0) is 95.0 Å². The van der Waals surface area contributed by atoms with Crippen LogP contribution in [0, 0.1) is 13.8 Å². The summed E-state index contributed by atoms with van der Waals surface area (Å²) in [5, 5.41) is 4.02. The second kappa shape index (κ2) is 12.8. The monoisotopic (exact) mass is 582 g/mol. The first-order valence-electron chi connectivity index (χ1n) is 15.7. The van der Waals surface area contributed by atoms with E-state index in [1.165, 1.54) is 0 Å². The van der Waals surface area contributed by atoms with Gasteiger partial charge in [0.2, 0.25) is 0 Å². The van der Waals surface area contributed by atoms with E-state index < -0.39 is 0 Å². The van der Waals surface area contributed by atoms with Crippen molar-refractivity contribution >= 4 is 22.6 Å². The molecule has 1 saturated heterocycles. The van der Waals surface area contributed by atoms with Gasteiger partial charge in [0.05, 0.1) is 0 Å². The number of H-pyrrole nitrogens is 1. The minimum absolute atomic E-state index is 0.137. The molecule has 1 aromatic carbocycles. The van der Waals surface area contributed by atoms with Gasteiger partial charge < -0.3 is 19.8 Å². The highest BCUT2D eigenvalue weighted by Gasteiger charge is 2.22. The van der Waals surface area contributed by atoms with Crippen LogP contribution in [0.3, 0.4) is 0 Å². The molecule has 5 rings (SSSR count). The maximum absolute atomic E-state index is 13.9. The molecule has 0 aliphatic carbocycles. The van der Waals surface area contributed by atoms with Gasteiger partial charge in [0.1, 0.15) is 5.82 Å². The first-order valence-corrected chi connectivity index (χ1v) is 15.7. The largest absolute Gasteiger partial charge is 0.354 e. The number of aromatic nitrogens is 3. The number of anilines is 1. The smallest absolute Gasteiger partial charge is 0.253 e. The predicted molar refractivity (Wildman–Crippen MR) is 176 cm³/mol. The number of nitrogens with one attached hydrogen (secondary N) is 2. The quantitative estimate of drug-likeness (QED) is 0.253. The summed E-state index contributed by atoms with van der Waals surface area (Å²) in [6.45, 7) is 19.0. The topological polar surface area (TPSA) is 86.3 Å². The number of amides is 1. The predicted octanol–water partition coefficient (Wildman–Crippen LogP) is 6.00. The number of aromatic amines is 1. The van der Waals surface area contributed by atoms with Gasteiger partial charge in [0, 0.05) is 90.5 Å². The van der Waals surface area contributed by atoms with Gasteiger partial charge in [-0.25, -0.2) is 4.98 Å². The normalized spacial score (nSPS) is 14.3.